The number of aromatic nitrogens is 1. The van der Waals surface area contributed by atoms with E-state index in [1.54, 1.807) is 22.9 Å². The largest absolute Gasteiger partial charge is 0.454 e. The van der Waals surface area contributed by atoms with Gasteiger partial charge in [-0.05, 0) is 30.3 Å². The van der Waals surface area contributed by atoms with Crippen LogP contribution in [0.25, 0.3) is 11.3 Å². The Balaban J connectivity index is 1.82. The van der Waals surface area contributed by atoms with Crippen LogP contribution in [-0.2, 0) is 0 Å². The van der Waals surface area contributed by atoms with E-state index < -0.39 is 4.92 Å². The molecule has 0 amide bonds. The maximum Gasteiger partial charge on any atom is 0.282 e. The molecule has 0 aliphatic carbocycles. The second kappa shape index (κ2) is 8.29. The van der Waals surface area contributed by atoms with Crippen molar-refractivity contribution in [3.05, 3.63) is 80.7 Å². The smallest absolute Gasteiger partial charge is 0.282 e. The molecule has 0 N–H and O–H groups in total. The van der Waals surface area contributed by atoms with E-state index in [-0.39, 0.29) is 23.9 Å². The Labute approximate surface area is 174 Å². The molecule has 0 spiro atoms. The molecule has 0 fully saturated rings. The predicted molar refractivity (Wildman–Crippen MR) is 111 cm³/mol. The molecule has 0 atom stereocenters. The molecule has 1 aliphatic rings. The van der Waals surface area contributed by atoms with Gasteiger partial charge in [-0.3, -0.25) is 15.1 Å². The van der Waals surface area contributed by atoms with Crippen LogP contribution in [0.1, 0.15) is 5.56 Å². The zero-order chi connectivity index (χ0) is 21.1. The summed E-state index contributed by atoms with van der Waals surface area (Å²) in [5, 5.41) is 17.8. The molecular weight excluding hydrogens is 411 g/mol. The Hall–Kier alpha value is -3.79. The van der Waals surface area contributed by atoms with Gasteiger partial charge in [-0.1, -0.05) is 6.08 Å². The normalized spacial score (nSPS) is 13.2. The zero-order valence-electron chi connectivity index (χ0n) is 15.5. The summed E-state index contributed by atoms with van der Waals surface area (Å²) in [5.74, 6) is 0.375. The maximum atomic E-state index is 13.3. The quantitative estimate of drug-likeness (QED) is 0.258. The van der Waals surface area contributed by atoms with Gasteiger partial charge in [0.1, 0.15) is 5.82 Å². The number of nitro groups is 1. The third-order valence-corrected chi connectivity index (χ3v) is 5.07. The number of hydrogen-bond donors (Lipinski definition) is 0. The van der Waals surface area contributed by atoms with E-state index in [0.29, 0.717) is 28.5 Å². The number of halogens is 1. The van der Waals surface area contributed by atoms with Gasteiger partial charge in [0.15, 0.2) is 11.5 Å². The molecule has 2 aromatic carbocycles. The summed E-state index contributed by atoms with van der Waals surface area (Å²) in [7, 11) is 0. The molecule has 10 heteroatoms. The molecule has 0 saturated carbocycles. The second-order valence-corrected chi connectivity index (χ2v) is 6.95. The lowest BCUT2D eigenvalue weighted by atomic mass is 10.1. The predicted octanol–water partition coefficient (Wildman–Crippen LogP) is 3.96. The monoisotopic (exact) mass is 426 g/mol. The third kappa shape index (κ3) is 3.85. The molecule has 0 saturated heterocycles. The standard InChI is InChI=1S/C20H15FN4O4S/c1-2-7-22-20-24(17(11-30-20)13-3-5-15(21)6-4-13)23-10-14-8-18-19(29-12-28-18)9-16(14)25(26)27/h2-6,8-11H,1,7,12H2. The van der Waals surface area contributed by atoms with Gasteiger partial charge in [0, 0.05) is 10.9 Å². The SMILES string of the molecule is C=CCN=c1scc(-c2ccc(F)cc2)n1N=Cc1cc2c(cc1[N+](=O)[O-])OCO2. The third-order valence-electron chi connectivity index (χ3n) is 4.21. The number of ether oxygens (including phenoxy) is 2. The van der Waals surface area contributed by atoms with E-state index >= 15 is 0 Å². The highest BCUT2D eigenvalue weighted by Crippen LogP contribution is 2.37. The van der Waals surface area contributed by atoms with Crippen LogP contribution < -0.4 is 14.3 Å². The summed E-state index contributed by atoms with van der Waals surface area (Å²) in [5.41, 5.74) is 1.49. The maximum absolute atomic E-state index is 13.3. The molecule has 0 unspecified atom stereocenters. The average molecular weight is 426 g/mol. The molecule has 3 aromatic rings. The Morgan fingerprint density at radius 3 is 2.70 bits per heavy atom. The minimum atomic E-state index is -0.508. The number of nitrogens with zero attached hydrogens (tertiary/aromatic N) is 4. The average Bonchev–Trinajstić information content (AvgIpc) is 3.36. The molecule has 152 valence electrons. The van der Waals surface area contributed by atoms with Crippen molar-refractivity contribution < 1.29 is 18.8 Å². The highest BCUT2D eigenvalue weighted by molar-refractivity contribution is 7.07. The highest BCUT2D eigenvalue weighted by atomic mass is 32.1. The van der Waals surface area contributed by atoms with Gasteiger partial charge in [0.2, 0.25) is 11.6 Å². The lowest BCUT2D eigenvalue weighted by Gasteiger charge is -2.04. The number of fused-ring (bicyclic) bond motifs is 1. The number of nitro benzene ring substituents is 1. The number of thiazole rings is 1. The van der Waals surface area contributed by atoms with Crippen LogP contribution in [0, 0.1) is 15.9 Å². The first kappa shape index (κ1) is 19.5. The van der Waals surface area contributed by atoms with Crippen LogP contribution >= 0.6 is 11.3 Å². The van der Waals surface area contributed by atoms with Gasteiger partial charge in [-0.25, -0.2) is 9.07 Å². The summed E-state index contributed by atoms with van der Waals surface area (Å²) in [6.45, 7) is 4.04. The van der Waals surface area contributed by atoms with Crippen molar-refractivity contribution in [2.45, 2.75) is 0 Å². The number of rotatable bonds is 6. The van der Waals surface area contributed by atoms with Crippen molar-refractivity contribution >= 4 is 23.2 Å². The van der Waals surface area contributed by atoms with Crippen LogP contribution in [0.4, 0.5) is 10.1 Å². The topological polar surface area (TPSA) is 91.2 Å². The molecule has 4 rings (SSSR count). The molecule has 1 aliphatic heterocycles. The zero-order valence-corrected chi connectivity index (χ0v) is 16.3. The van der Waals surface area contributed by atoms with Gasteiger partial charge in [-0.2, -0.15) is 5.10 Å². The Morgan fingerprint density at radius 2 is 2.00 bits per heavy atom. The molecule has 30 heavy (non-hydrogen) atoms. The van der Waals surface area contributed by atoms with E-state index in [1.165, 1.54) is 41.8 Å². The van der Waals surface area contributed by atoms with Crippen molar-refractivity contribution in [1.82, 2.24) is 4.68 Å². The van der Waals surface area contributed by atoms with E-state index in [9.17, 15) is 14.5 Å². The van der Waals surface area contributed by atoms with E-state index in [4.69, 9.17) is 9.47 Å². The molecular formula is C20H15FN4O4S. The highest BCUT2D eigenvalue weighted by Gasteiger charge is 2.22. The fourth-order valence-electron chi connectivity index (χ4n) is 2.81. The van der Waals surface area contributed by atoms with Crippen LogP contribution in [-0.4, -0.2) is 29.2 Å². The summed E-state index contributed by atoms with van der Waals surface area (Å²) < 4.78 is 25.4. The lowest BCUT2D eigenvalue weighted by Crippen LogP contribution is -2.12. The first-order valence-corrected chi connectivity index (χ1v) is 9.65. The first-order valence-electron chi connectivity index (χ1n) is 8.77. The van der Waals surface area contributed by atoms with Crippen LogP contribution in [0.5, 0.6) is 11.5 Å². The lowest BCUT2D eigenvalue weighted by molar-refractivity contribution is -0.385. The van der Waals surface area contributed by atoms with Crippen LogP contribution in [0.15, 0.2) is 64.5 Å². The van der Waals surface area contributed by atoms with Crippen molar-refractivity contribution in [3.8, 4) is 22.8 Å². The minimum absolute atomic E-state index is 0.00562. The van der Waals surface area contributed by atoms with Crippen molar-refractivity contribution in [2.75, 3.05) is 13.3 Å². The van der Waals surface area contributed by atoms with E-state index in [1.807, 2.05) is 5.38 Å². The second-order valence-electron chi connectivity index (χ2n) is 6.12. The Morgan fingerprint density at radius 1 is 1.27 bits per heavy atom. The summed E-state index contributed by atoms with van der Waals surface area (Å²) in [6.07, 6.45) is 3.01. The number of hydrogen-bond acceptors (Lipinski definition) is 7. The fraction of sp³-hybridized carbons (Fsp3) is 0.100. The fourth-order valence-corrected chi connectivity index (χ4v) is 3.66. The summed E-state index contributed by atoms with van der Waals surface area (Å²) in [4.78, 5) is 16.0. The summed E-state index contributed by atoms with van der Waals surface area (Å²) in [6, 6.07) is 8.78. The molecule has 2 heterocycles. The van der Waals surface area contributed by atoms with Crippen molar-refractivity contribution in [1.29, 1.82) is 0 Å². The molecule has 8 nitrogen and oxygen atoms in total. The van der Waals surface area contributed by atoms with Crippen LogP contribution in [0.2, 0.25) is 0 Å². The van der Waals surface area contributed by atoms with Crippen molar-refractivity contribution in [3.63, 3.8) is 0 Å². The summed E-state index contributed by atoms with van der Waals surface area (Å²) >= 11 is 1.34. The van der Waals surface area contributed by atoms with Gasteiger partial charge >= 0.3 is 0 Å². The van der Waals surface area contributed by atoms with Crippen molar-refractivity contribution in [2.24, 2.45) is 10.1 Å². The molecule has 1 aromatic heterocycles. The number of benzene rings is 2. The van der Waals surface area contributed by atoms with Gasteiger partial charge < -0.3 is 9.47 Å². The van der Waals surface area contributed by atoms with Gasteiger partial charge in [0.25, 0.3) is 5.69 Å². The van der Waals surface area contributed by atoms with Gasteiger partial charge in [-0.15, -0.1) is 17.9 Å². The Kier molecular flexibility index (Phi) is 5.40. The molecule has 0 bridgehead atoms. The van der Waals surface area contributed by atoms with Gasteiger partial charge in [0.05, 0.1) is 35.0 Å². The minimum Gasteiger partial charge on any atom is -0.454 e. The Bertz CT molecular complexity index is 1210. The molecule has 0 radical (unpaired) electrons. The van der Waals surface area contributed by atoms with E-state index in [2.05, 4.69) is 16.7 Å². The van der Waals surface area contributed by atoms with E-state index in [0.717, 1.165) is 5.56 Å². The first-order chi connectivity index (χ1) is 14.6. The van der Waals surface area contributed by atoms with Crippen LogP contribution in [0.3, 0.4) is 0 Å².